The molecule has 20 nitrogen and oxygen atoms in total. The fourth-order valence-electron chi connectivity index (χ4n) is 7.45. The van der Waals surface area contributed by atoms with Gasteiger partial charge in [0.25, 0.3) is 0 Å². The van der Waals surface area contributed by atoms with E-state index >= 15 is 0 Å². The van der Waals surface area contributed by atoms with E-state index in [-0.39, 0.29) is 51.3 Å². The molecule has 1 aliphatic rings. The average molecular weight is 921 g/mol. The molecule has 1 aliphatic heterocycles. The average Bonchev–Trinajstić information content (AvgIpc) is 3.29. The Balaban J connectivity index is 2.02. The zero-order valence-corrected chi connectivity index (χ0v) is 38.3. The number of likely N-dealkylation sites (N-methyl/N-ethyl adjacent to an activating group) is 1. The number of unbranched alkanes of at least 4 members (excludes halogenated alkanes) is 8. The molecule has 0 saturated heterocycles. The molecular weight excluding hydrogens is 853 g/mol. The lowest BCUT2D eigenvalue weighted by atomic mass is 9.93. The van der Waals surface area contributed by atoms with Gasteiger partial charge in [0.15, 0.2) is 0 Å². The highest BCUT2D eigenvalue weighted by Crippen LogP contribution is 2.40. The molecule has 0 saturated carbocycles. The van der Waals surface area contributed by atoms with Crippen molar-refractivity contribution in [3.05, 3.63) is 47.5 Å². The van der Waals surface area contributed by atoms with Gasteiger partial charge in [0.1, 0.15) is 61.5 Å². The van der Waals surface area contributed by atoms with E-state index in [0.717, 1.165) is 30.6 Å². The normalized spacial score (nSPS) is 16.8. The third-order valence-electron chi connectivity index (χ3n) is 10.9. The predicted molar refractivity (Wildman–Crippen MR) is 245 cm³/mol. The Hall–Kier alpha value is -6.30. The Morgan fingerprint density at radius 3 is 2.05 bits per heavy atom. The van der Waals surface area contributed by atoms with Crippen molar-refractivity contribution in [2.75, 3.05) is 46.4 Å². The number of hydrogen-bond acceptors (Lipinski definition) is 13. The molecule has 0 radical (unpaired) electrons. The molecule has 0 aliphatic carbocycles. The molecule has 0 unspecified atom stereocenters. The van der Waals surface area contributed by atoms with E-state index in [1.807, 2.05) is 6.07 Å². The van der Waals surface area contributed by atoms with Crippen LogP contribution in [0.3, 0.4) is 0 Å². The van der Waals surface area contributed by atoms with Crippen molar-refractivity contribution < 1.29 is 48.1 Å². The van der Waals surface area contributed by atoms with Gasteiger partial charge in [-0.3, -0.25) is 33.6 Å². The van der Waals surface area contributed by atoms with E-state index in [9.17, 15) is 38.7 Å². The minimum absolute atomic E-state index is 0.0328. The van der Waals surface area contributed by atoms with Crippen LogP contribution in [-0.2, 0) is 40.0 Å². The second kappa shape index (κ2) is 28.6. The zero-order valence-electron chi connectivity index (χ0n) is 38.3. The highest BCUT2D eigenvalue weighted by molar-refractivity contribution is 5.98. The van der Waals surface area contributed by atoms with Crippen LogP contribution in [0.2, 0.25) is 0 Å². The van der Waals surface area contributed by atoms with Crippen molar-refractivity contribution in [3.8, 4) is 28.7 Å². The SMILES string of the molecule is CCCCCCCCCCCC(=O)N[C@@H](CC(=O)O)C(=O)N[C@@H](CN)C(=O)N(C)[C@@H]1C(=O)N[C@@H](C)C(=O)N[C@H](C(=O)NCC#N)Cc2ccc(OCCN)c(c2)-c2cc1ccc2OCCN. The van der Waals surface area contributed by atoms with Gasteiger partial charge in [-0.05, 0) is 48.7 Å². The van der Waals surface area contributed by atoms with Gasteiger partial charge in [-0.2, -0.15) is 5.26 Å². The molecule has 1 heterocycles. The summed E-state index contributed by atoms with van der Waals surface area (Å²) >= 11 is 0. The fourth-order valence-corrected chi connectivity index (χ4v) is 7.45. The summed E-state index contributed by atoms with van der Waals surface area (Å²) in [4.78, 5) is 95.2. The number of carbonyl (C=O) groups is 7. The molecule has 66 heavy (non-hydrogen) atoms. The van der Waals surface area contributed by atoms with Crippen LogP contribution in [-0.4, -0.2) is 122 Å². The van der Waals surface area contributed by atoms with E-state index in [1.165, 1.54) is 39.7 Å². The number of fused-ring (bicyclic) bond motifs is 5. The fraction of sp³-hybridized carbons (Fsp3) is 0.565. The summed E-state index contributed by atoms with van der Waals surface area (Å²) in [5.74, 6) is -5.32. The Kier molecular flexibility index (Phi) is 23.4. The van der Waals surface area contributed by atoms with Crippen molar-refractivity contribution in [1.29, 1.82) is 5.26 Å². The molecule has 12 N–H and O–H groups in total. The van der Waals surface area contributed by atoms with Gasteiger partial charge in [-0.25, -0.2) is 0 Å². The number of rotatable bonds is 26. The number of carboxylic acids is 1. The van der Waals surface area contributed by atoms with E-state index in [0.29, 0.717) is 34.6 Å². The standard InChI is InChI=1S/C46H68N10O10/c1-4-5-6-7-8-9-10-11-12-13-39(57)53-35(27-40(58)59)44(62)55-36(28-50)46(64)56(3)41-31-15-17-38(66-23-20-49)33(26-31)32-24-30(14-16-37(32)65-22-19-48)25-34(43(61)51-21-18-47)54-42(60)29(2)52-45(41)63/h14-17,24,26,29,34-36,41H,4-13,19-23,25,27-28,48-50H2,1-3H3,(H,51,61)(H,52,63)(H,53,57)(H,54,60)(H,55,62)(H,58,59)/t29-,34-,35-,36-,41-/m0/s1. The van der Waals surface area contributed by atoms with Crippen LogP contribution in [0, 0.1) is 11.3 Å². The molecule has 362 valence electrons. The van der Waals surface area contributed by atoms with Gasteiger partial charge >= 0.3 is 5.97 Å². The van der Waals surface area contributed by atoms with E-state index in [1.54, 1.807) is 36.4 Å². The Morgan fingerprint density at radius 1 is 0.848 bits per heavy atom. The number of ether oxygens (including phenoxy) is 2. The maximum absolute atomic E-state index is 14.5. The number of nitrogens with one attached hydrogen (secondary N) is 5. The highest BCUT2D eigenvalue weighted by atomic mass is 16.5. The molecule has 0 fully saturated rings. The minimum Gasteiger partial charge on any atom is -0.492 e. The smallest absolute Gasteiger partial charge is 0.305 e. The monoisotopic (exact) mass is 921 g/mol. The number of nitrogens with two attached hydrogens (primary N) is 3. The molecular formula is C46H68N10O10. The zero-order chi connectivity index (χ0) is 48.6. The summed E-state index contributed by atoms with van der Waals surface area (Å²) in [7, 11) is 1.29. The molecule has 0 aromatic heterocycles. The van der Waals surface area contributed by atoms with Crippen LogP contribution in [0.25, 0.3) is 11.1 Å². The number of carboxylic acid groups (broad SMARTS) is 1. The number of benzene rings is 2. The molecule has 2 aromatic rings. The largest absolute Gasteiger partial charge is 0.492 e. The number of hydrogen-bond donors (Lipinski definition) is 9. The molecule has 6 amide bonds. The summed E-state index contributed by atoms with van der Waals surface area (Å²) in [5, 5.41) is 31.5. The maximum Gasteiger partial charge on any atom is 0.305 e. The minimum atomic E-state index is -1.54. The Bertz CT molecular complexity index is 2010. The number of aliphatic carboxylic acids is 1. The first-order chi connectivity index (χ1) is 31.7. The molecule has 5 atom stereocenters. The topological polar surface area (TPSA) is 323 Å². The molecule has 2 aromatic carbocycles. The first-order valence-electron chi connectivity index (χ1n) is 22.7. The lowest BCUT2D eigenvalue weighted by Crippen LogP contribution is -2.58. The number of carbonyl (C=O) groups excluding carboxylic acids is 6. The van der Waals surface area contributed by atoms with Gasteiger partial charge in [-0.15, -0.1) is 0 Å². The quantitative estimate of drug-likeness (QED) is 0.0471. The van der Waals surface area contributed by atoms with Crippen LogP contribution < -0.4 is 53.3 Å². The van der Waals surface area contributed by atoms with Gasteiger partial charge < -0.3 is 63.3 Å². The third-order valence-corrected chi connectivity index (χ3v) is 10.9. The van der Waals surface area contributed by atoms with Crippen molar-refractivity contribution in [3.63, 3.8) is 0 Å². The van der Waals surface area contributed by atoms with Gasteiger partial charge in [0, 0.05) is 50.7 Å². The summed E-state index contributed by atoms with van der Waals surface area (Å²) < 4.78 is 12.1. The van der Waals surface area contributed by atoms with E-state index in [4.69, 9.17) is 31.9 Å². The van der Waals surface area contributed by atoms with Gasteiger partial charge in [0.05, 0.1) is 12.5 Å². The number of nitriles is 1. The highest BCUT2D eigenvalue weighted by Gasteiger charge is 2.37. The summed E-state index contributed by atoms with van der Waals surface area (Å²) in [6.45, 7) is 3.25. The lowest BCUT2D eigenvalue weighted by molar-refractivity contribution is -0.144. The Morgan fingerprint density at radius 2 is 1.45 bits per heavy atom. The van der Waals surface area contributed by atoms with Crippen molar-refractivity contribution in [1.82, 2.24) is 31.5 Å². The predicted octanol–water partition coefficient (Wildman–Crippen LogP) is 1.04. The molecule has 3 rings (SSSR count). The summed E-state index contributed by atoms with van der Waals surface area (Å²) in [6, 6.07) is 4.60. The molecule has 4 bridgehead atoms. The number of amides is 6. The first kappa shape index (κ1) is 54.0. The first-order valence-corrected chi connectivity index (χ1v) is 22.7. The van der Waals surface area contributed by atoms with E-state index < -0.39 is 84.6 Å². The van der Waals surface area contributed by atoms with Crippen LogP contribution in [0.1, 0.15) is 102 Å². The van der Waals surface area contributed by atoms with Crippen molar-refractivity contribution in [2.24, 2.45) is 17.2 Å². The van der Waals surface area contributed by atoms with E-state index in [2.05, 4.69) is 33.5 Å². The second-order valence-electron chi connectivity index (χ2n) is 16.2. The molecule has 20 heteroatoms. The van der Waals surface area contributed by atoms with Crippen molar-refractivity contribution in [2.45, 2.75) is 121 Å². The van der Waals surface area contributed by atoms with Gasteiger partial charge in [-0.1, -0.05) is 70.4 Å². The van der Waals surface area contributed by atoms with Gasteiger partial charge in [0.2, 0.25) is 35.4 Å². The van der Waals surface area contributed by atoms with Crippen LogP contribution in [0.4, 0.5) is 0 Å². The lowest BCUT2D eigenvalue weighted by Gasteiger charge is -2.32. The van der Waals surface area contributed by atoms with Crippen LogP contribution in [0.5, 0.6) is 11.5 Å². The van der Waals surface area contributed by atoms with Crippen molar-refractivity contribution >= 4 is 41.4 Å². The summed E-state index contributed by atoms with van der Waals surface area (Å²) in [5.41, 5.74) is 19.3. The maximum atomic E-state index is 14.5. The molecule has 0 spiro atoms. The van der Waals surface area contributed by atoms with Crippen LogP contribution >= 0.6 is 0 Å². The van der Waals surface area contributed by atoms with Crippen LogP contribution in [0.15, 0.2) is 36.4 Å². The number of nitrogens with zero attached hydrogens (tertiary/aromatic N) is 2. The second-order valence-corrected chi connectivity index (χ2v) is 16.2. The summed E-state index contributed by atoms with van der Waals surface area (Å²) in [6.07, 6.45) is 8.49. The third kappa shape index (κ3) is 16.9. The Labute approximate surface area is 386 Å².